The molecule has 0 amide bonds. The lowest BCUT2D eigenvalue weighted by Crippen LogP contribution is -2.36. The van der Waals surface area contributed by atoms with Crippen LogP contribution in [0.25, 0.3) is 0 Å². The summed E-state index contributed by atoms with van der Waals surface area (Å²) in [4.78, 5) is 0. The van der Waals surface area contributed by atoms with Crippen LogP contribution in [-0.4, -0.2) is 44.7 Å². The maximum Gasteiger partial charge on any atom is 0.214 e. The SMILES string of the molecule is CCCNCCCCS(=O)(=O)N(CC)CC(C)CC. The largest absolute Gasteiger partial charge is 0.317 e. The molecule has 0 aromatic carbocycles. The van der Waals surface area contributed by atoms with Crippen molar-refractivity contribution in [2.75, 3.05) is 31.9 Å². The number of nitrogens with one attached hydrogen (secondary N) is 1. The van der Waals surface area contributed by atoms with Gasteiger partial charge in [-0.15, -0.1) is 0 Å². The van der Waals surface area contributed by atoms with Gasteiger partial charge in [0.15, 0.2) is 0 Å². The van der Waals surface area contributed by atoms with Gasteiger partial charge in [-0.25, -0.2) is 12.7 Å². The second-order valence-electron chi connectivity index (χ2n) is 5.24. The molecule has 4 nitrogen and oxygen atoms in total. The first-order valence-electron chi connectivity index (χ1n) is 7.66. The van der Waals surface area contributed by atoms with Crippen LogP contribution in [0.5, 0.6) is 0 Å². The summed E-state index contributed by atoms with van der Waals surface area (Å²) in [7, 11) is -3.06. The highest BCUT2D eigenvalue weighted by Crippen LogP contribution is 2.10. The lowest BCUT2D eigenvalue weighted by Gasteiger charge is -2.23. The van der Waals surface area contributed by atoms with Crippen LogP contribution >= 0.6 is 0 Å². The third-order valence-electron chi connectivity index (χ3n) is 3.39. The molecule has 0 aromatic heterocycles. The second kappa shape index (κ2) is 10.6. The van der Waals surface area contributed by atoms with Crippen LogP contribution in [0.4, 0.5) is 0 Å². The summed E-state index contributed by atoms with van der Waals surface area (Å²) in [6.07, 6.45) is 3.82. The van der Waals surface area contributed by atoms with Crippen LogP contribution in [0.2, 0.25) is 0 Å². The van der Waals surface area contributed by atoms with E-state index in [1.165, 1.54) is 0 Å². The van der Waals surface area contributed by atoms with Crippen LogP contribution in [0.3, 0.4) is 0 Å². The first-order valence-corrected chi connectivity index (χ1v) is 9.27. The van der Waals surface area contributed by atoms with Gasteiger partial charge in [-0.3, -0.25) is 0 Å². The molecule has 19 heavy (non-hydrogen) atoms. The summed E-state index contributed by atoms with van der Waals surface area (Å²) in [6, 6.07) is 0. The van der Waals surface area contributed by atoms with E-state index in [2.05, 4.69) is 26.1 Å². The Balaban J connectivity index is 4.05. The maximum atomic E-state index is 12.2. The van der Waals surface area contributed by atoms with Gasteiger partial charge >= 0.3 is 0 Å². The molecule has 1 unspecified atom stereocenters. The molecule has 1 N–H and O–H groups in total. The van der Waals surface area contributed by atoms with Crippen LogP contribution in [0, 0.1) is 5.92 Å². The van der Waals surface area contributed by atoms with Gasteiger partial charge in [-0.05, 0) is 38.3 Å². The highest BCUT2D eigenvalue weighted by molar-refractivity contribution is 7.89. The van der Waals surface area contributed by atoms with Crippen molar-refractivity contribution in [3.05, 3.63) is 0 Å². The van der Waals surface area contributed by atoms with Crippen molar-refractivity contribution in [3.8, 4) is 0 Å². The molecule has 0 saturated carbocycles. The lowest BCUT2D eigenvalue weighted by atomic mass is 10.1. The van der Waals surface area contributed by atoms with E-state index in [4.69, 9.17) is 0 Å². The molecule has 0 bridgehead atoms. The van der Waals surface area contributed by atoms with Crippen molar-refractivity contribution in [2.45, 2.75) is 53.4 Å². The van der Waals surface area contributed by atoms with E-state index >= 15 is 0 Å². The Morgan fingerprint density at radius 2 is 1.79 bits per heavy atom. The highest BCUT2D eigenvalue weighted by Gasteiger charge is 2.21. The lowest BCUT2D eigenvalue weighted by molar-refractivity contribution is 0.361. The number of sulfonamides is 1. The Morgan fingerprint density at radius 1 is 1.11 bits per heavy atom. The molecule has 0 rings (SSSR count). The highest BCUT2D eigenvalue weighted by atomic mass is 32.2. The Morgan fingerprint density at radius 3 is 2.32 bits per heavy atom. The van der Waals surface area contributed by atoms with Crippen molar-refractivity contribution >= 4 is 10.0 Å². The van der Waals surface area contributed by atoms with Gasteiger partial charge in [0.05, 0.1) is 5.75 Å². The van der Waals surface area contributed by atoms with Gasteiger partial charge in [-0.1, -0.05) is 34.1 Å². The zero-order valence-corrected chi connectivity index (χ0v) is 13.9. The van der Waals surface area contributed by atoms with Crippen molar-refractivity contribution in [1.82, 2.24) is 9.62 Å². The van der Waals surface area contributed by atoms with Crippen molar-refractivity contribution in [3.63, 3.8) is 0 Å². The average molecular weight is 292 g/mol. The third-order valence-corrected chi connectivity index (χ3v) is 5.39. The summed E-state index contributed by atoms with van der Waals surface area (Å²) < 4.78 is 26.1. The summed E-state index contributed by atoms with van der Waals surface area (Å²) in [5.74, 6) is 0.714. The monoisotopic (exact) mass is 292 g/mol. The quantitative estimate of drug-likeness (QED) is 0.562. The van der Waals surface area contributed by atoms with E-state index < -0.39 is 10.0 Å². The van der Waals surface area contributed by atoms with Crippen LogP contribution in [-0.2, 0) is 10.0 Å². The second-order valence-corrected chi connectivity index (χ2v) is 7.33. The summed E-state index contributed by atoms with van der Waals surface area (Å²) in [5, 5.41) is 3.30. The Kier molecular flexibility index (Phi) is 10.6. The van der Waals surface area contributed by atoms with Crippen molar-refractivity contribution in [1.29, 1.82) is 0 Å². The van der Waals surface area contributed by atoms with Crippen LogP contribution in [0.1, 0.15) is 53.4 Å². The van der Waals surface area contributed by atoms with E-state index in [0.29, 0.717) is 19.0 Å². The maximum absolute atomic E-state index is 12.2. The minimum atomic E-state index is -3.06. The summed E-state index contributed by atoms with van der Waals surface area (Å²) in [6.45, 7) is 11.4. The smallest absolute Gasteiger partial charge is 0.214 e. The van der Waals surface area contributed by atoms with Gasteiger partial charge in [0, 0.05) is 13.1 Å². The molecule has 0 spiro atoms. The van der Waals surface area contributed by atoms with Crippen LogP contribution < -0.4 is 5.32 Å². The fourth-order valence-electron chi connectivity index (χ4n) is 1.88. The predicted octanol–water partition coefficient (Wildman–Crippen LogP) is 2.46. The Labute approximate surface area is 120 Å². The van der Waals surface area contributed by atoms with E-state index in [-0.39, 0.29) is 5.75 Å². The standard InChI is InChI=1S/C14H32N2O2S/c1-5-10-15-11-8-9-12-19(17,18)16(7-3)13-14(4)6-2/h14-15H,5-13H2,1-4H3. The van der Waals surface area contributed by atoms with Gasteiger partial charge in [0.2, 0.25) is 10.0 Å². The fraction of sp³-hybridized carbons (Fsp3) is 1.00. The molecular formula is C14H32N2O2S. The topological polar surface area (TPSA) is 49.4 Å². The van der Waals surface area contributed by atoms with Crippen molar-refractivity contribution < 1.29 is 8.42 Å². The first-order chi connectivity index (χ1) is 8.97. The minimum Gasteiger partial charge on any atom is -0.317 e. The number of hydrogen-bond acceptors (Lipinski definition) is 3. The molecule has 0 aliphatic heterocycles. The molecule has 0 radical (unpaired) electrons. The van der Waals surface area contributed by atoms with Crippen molar-refractivity contribution in [2.24, 2.45) is 5.92 Å². The molecule has 0 saturated heterocycles. The number of nitrogens with zero attached hydrogens (tertiary/aromatic N) is 1. The minimum absolute atomic E-state index is 0.283. The van der Waals surface area contributed by atoms with E-state index in [1.54, 1.807) is 4.31 Å². The number of hydrogen-bond donors (Lipinski definition) is 1. The van der Waals surface area contributed by atoms with Gasteiger partial charge in [0.25, 0.3) is 0 Å². The number of unbranched alkanes of at least 4 members (excludes halogenated alkanes) is 1. The molecule has 0 heterocycles. The molecular weight excluding hydrogens is 260 g/mol. The van der Waals surface area contributed by atoms with E-state index in [1.807, 2.05) is 6.92 Å². The predicted molar refractivity (Wildman–Crippen MR) is 82.9 cm³/mol. The third kappa shape index (κ3) is 8.60. The van der Waals surface area contributed by atoms with Crippen LogP contribution in [0.15, 0.2) is 0 Å². The normalized spacial score (nSPS) is 13.9. The zero-order valence-electron chi connectivity index (χ0n) is 13.1. The molecule has 0 aliphatic carbocycles. The zero-order chi connectivity index (χ0) is 14.7. The fourth-order valence-corrected chi connectivity index (χ4v) is 3.58. The molecule has 0 aromatic rings. The van der Waals surface area contributed by atoms with Gasteiger partial charge in [0.1, 0.15) is 0 Å². The summed E-state index contributed by atoms with van der Waals surface area (Å²) >= 11 is 0. The molecule has 0 aliphatic rings. The Hall–Kier alpha value is -0.130. The summed E-state index contributed by atoms with van der Waals surface area (Å²) in [5.41, 5.74) is 0. The molecule has 1 atom stereocenters. The Bertz CT molecular complexity index is 305. The van der Waals surface area contributed by atoms with Gasteiger partial charge in [-0.2, -0.15) is 0 Å². The van der Waals surface area contributed by atoms with E-state index in [0.717, 1.165) is 38.8 Å². The number of rotatable bonds is 12. The van der Waals surface area contributed by atoms with E-state index in [9.17, 15) is 8.42 Å². The van der Waals surface area contributed by atoms with Gasteiger partial charge < -0.3 is 5.32 Å². The first kappa shape index (κ1) is 18.9. The molecule has 5 heteroatoms. The average Bonchev–Trinajstić information content (AvgIpc) is 2.39. The molecule has 116 valence electrons. The molecule has 0 fully saturated rings.